The van der Waals surface area contributed by atoms with Crippen molar-refractivity contribution in [3.05, 3.63) is 29.3 Å². The number of nitrogens with one attached hydrogen (secondary N) is 1. The summed E-state index contributed by atoms with van der Waals surface area (Å²) in [5.41, 5.74) is 0.379. The summed E-state index contributed by atoms with van der Waals surface area (Å²) >= 11 is 0. The Hall–Kier alpha value is -1.53. The lowest BCUT2D eigenvalue weighted by atomic mass is 10.1. The number of amides is 1. The van der Waals surface area contributed by atoms with Crippen molar-refractivity contribution < 1.29 is 19.4 Å². The van der Waals surface area contributed by atoms with Gasteiger partial charge in [0.2, 0.25) is 5.91 Å². The number of aryl methyl sites for hydroxylation is 1. The highest BCUT2D eigenvalue weighted by Gasteiger charge is 2.20. The number of aromatic nitrogens is 1. The van der Waals surface area contributed by atoms with Crippen molar-refractivity contribution >= 4 is 5.91 Å². The lowest BCUT2D eigenvalue weighted by molar-refractivity contribution is -0.119. The van der Waals surface area contributed by atoms with Crippen LogP contribution in [0.1, 0.15) is 30.8 Å². The van der Waals surface area contributed by atoms with Crippen molar-refractivity contribution in [1.29, 1.82) is 0 Å². The van der Waals surface area contributed by atoms with Crippen LogP contribution in [0.2, 0.25) is 0 Å². The molecule has 0 saturated carbocycles. The van der Waals surface area contributed by atoms with Gasteiger partial charge in [0.1, 0.15) is 11.9 Å². The summed E-state index contributed by atoms with van der Waals surface area (Å²) in [6.07, 6.45) is -2.06. The van der Waals surface area contributed by atoms with Crippen LogP contribution >= 0.6 is 0 Å². The molecule has 0 aromatic carbocycles. The summed E-state index contributed by atoms with van der Waals surface area (Å²) in [5, 5.41) is 22.0. The Morgan fingerprint density at radius 3 is 2.72 bits per heavy atom. The molecule has 1 aromatic heterocycles. The lowest BCUT2D eigenvalue weighted by Crippen LogP contribution is -2.28. The molecule has 2 unspecified atom stereocenters. The molecule has 0 fully saturated rings. The van der Waals surface area contributed by atoms with Crippen molar-refractivity contribution in [3.8, 4) is 0 Å². The Morgan fingerprint density at radius 2 is 2.17 bits per heavy atom. The molecule has 5 nitrogen and oxygen atoms in total. The predicted molar refractivity (Wildman–Crippen MR) is 63.2 cm³/mol. The van der Waals surface area contributed by atoms with E-state index >= 15 is 0 Å². The van der Waals surface area contributed by atoms with Crippen LogP contribution in [0.25, 0.3) is 0 Å². The molecule has 6 heteroatoms. The van der Waals surface area contributed by atoms with Crippen LogP contribution in [0.3, 0.4) is 0 Å². The maximum Gasteiger partial charge on any atom is 0.216 e. The molecule has 0 spiro atoms. The SMILES string of the molecule is CC(=O)NCCC(O)C(O)c1ccc(F)c(C)n1. The van der Waals surface area contributed by atoms with Crippen LogP contribution in [-0.2, 0) is 4.79 Å². The van der Waals surface area contributed by atoms with Gasteiger partial charge in [-0.3, -0.25) is 9.78 Å². The normalized spacial score (nSPS) is 14.1. The van der Waals surface area contributed by atoms with Crippen molar-refractivity contribution in [2.24, 2.45) is 0 Å². The minimum Gasteiger partial charge on any atom is -0.390 e. The highest BCUT2D eigenvalue weighted by atomic mass is 19.1. The number of carbonyl (C=O) groups excluding carboxylic acids is 1. The fourth-order valence-electron chi connectivity index (χ4n) is 1.48. The molecule has 0 aliphatic carbocycles. The van der Waals surface area contributed by atoms with Gasteiger partial charge >= 0.3 is 0 Å². The first-order chi connectivity index (χ1) is 8.41. The third kappa shape index (κ3) is 4.05. The minimum atomic E-state index is -1.20. The fourth-order valence-corrected chi connectivity index (χ4v) is 1.48. The molecule has 0 aliphatic heterocycles. The molecule has 1 rings (SSSR count). The quantitative estimate of drug-likeness (QED) is 0.714. The average Bonchev–Trinajstić information content (AvgIpc) is 2.31. The van der Waals surface area contributed by atoms with E-state index in [4.69, 9.17) is 0 Å². The Bertz CT molecular complexity index is 426. The van der Waals surface area contributed by atoms with Crippen molar-refractivity contribution in [3.63, 3.8) is 0 Å². The van der Waals surface area contributed by atoms with Crippen LogP contribution in [0.5, 0.6) is 0 Å². The third-order valence-electron chi connectivity index (χ3n) is 2.52. The molecule has 0 bridgehead atoms. The van der Waals surface area contributed by atoms with Gasteiger partial charge in [0.15, 0.2) is 0 Å². The van der Waals surface area contributed by atoms with Crippen molar-refractivity contribution in [2.75, 3.05) is 6.54 Å². The zero-order valence-corrected chi connectivity index (χ0v) is 10.4. The van der Waals surface area contributed by atoms with Gasteiger partial charge in [-0.25, -0.2) is 4.39 Å². The van der Waals surface area contributed by atoms with Gasteiger partial charge in [0.05, 0.1) is 17.5 Å². The van der Waals surface area contributed by atoms with Crippen LogP contribution in [0, 0.1) is 12.7 Å². The zero-order valence-electron chi connectivity index (χ0n) is 10.4. The van der Waals surface area contributed by atoms with Crippen LogP contribution < -0.4 is 5.32 Å². The Morgan fingerprint density at radius 1 is 1.50 bits per heavy atom. The van der Waals surface area contributed by atoms with Crippen molar-refractivity contribution in [2.45, 2.75) is 32.5 Å². The Balaban J connectivity index is 2.59. The highest BCUT2D eigenvalue weighted by Crippen LogP contribution is 2.18. The molecule has 3 N–H and O–H groups in total. The zero-order chi connectivity index (χ0) is 13.7. The summed E-state index contributed by atoms with van der Waals surface area (Å²) in [6.45, 7) is 3.11. The standard InChI is InChI=1S/C12H17FN2O3/c1-7-9(13)3-4-10(15-7)12(18)11(17)5-6-14-8(2)16/h3-4,11-12,17-18H,5-6H2,1-2H3,(H,14,16). The van der Waals surface area contributed by atoms with E-state index in [2.05, 4.69) is 10.3 Å². The summed E-state index contributed by atoms with van der Waals surface area (Å²) in [7, 11) is 0. The first kappa shape index (κ1) is 14.5. The second-order valence-corrected chi connectivity index (χ2v) is 4.09. The molecule has 0 aliphatic rings. The molecular formula is C12H17FN2O3. The van der Waals surface area contributed by atoms with Gasteiger partial charge < -0.3 is 15.5 Å². The van der Waals surface area contributed by atoms with Crippen LogP contribution in [0.15, 0.2) is 12.1 Å². The second kappa shape index (κ2) is 6.42. The Labute approximate surface area is 105 Å². The number of pyridine rings is 1. The van der Waals surface area contributed by atoms with E-state index in [0.29, 0.717) is 0 Å². The summed E-state index contributed by atoms with van der Waals surface area (Å²) < 4.78 is 13.0. The van der Waals surface area contributed by atoms with Crippen LogP contribution in [0.4, 0.5) is 4.39 Å². The van der Waals surface area contributed by atoms with E-state index in [-0.39, 0.29) is 30.3 Å². The molecule has 18 heavy (non-hydrogen) atoms. The number of carbonyl (C=O) groups is 1. The molecule has 1 heterocycles. The van der Waals surface area contributed by atoms with E-state index in [9.17, 15) is 19.4 Å². The number of rotatable bonds is 5. The Kier molecular flexibility index (Phi) is 5.18. The van der Waals surface area contributed by atoms with Gasteiger partial charge in [-0.15, -0.1) is 0 Å². The number of halogens is 1. The predicted octanol–water partition coefficient (Wildman–Crippen LogP) is 0.450. The fraction of sp³-hybridized carbons (Fsp3) is 0.500. The van der Waals surface area contributed by atoms with Gasteiger partial charge in [-0.05, 0) is 25.5 Å². The monoisotopic (exact) mass is 256 g/mol. The lowest BCUT2D eigenvalue weighted by Gasteiger charge is -2.17. The summed E-state index contributed by atoms with van der Waals surface area (Å²) in [5.74, 6) is -0.661. The topological polar surface area (TPSA) is 82.5 Å². The number of hydrogen-bond donors (Lipinski definition) is 3. The molecular weight excluding hydrogens is 239 g/mol. The molecule has 0 saturated heterocycles. The number of hydrogen-bond acceptors (Lipinski definition) is 4. The second-order valence-electron chi connectivity index (χ2n) is 4.09. The first-order valence-corrected chi connectivity index (χ1v) is 5.65. The molecule has 1 aromatic rings. The van der Waals surface area contributed by atoms with E-state index in [1.165, 1.54) is 26.0 Å². The van der Waals surface area contributed by atoms with E-state index in [1.54, 1.807) is 0 Å². The molecule has 2 atom stereocenters. The van der Waals surface area contributed by atoms with Gasteiger partial charge in [0, 0.05) is 13.5 Å². The maximum atomic E-state index is 13.0. The largest absolute Gasteiger partial charge is 0.390 e. The first-order valence-electron chi connectivity index (χ1n) is 5.65. The molecule has 100 valence electrons. The van der Waals surface area contributed by atoms with Gasteiger partial charge in [-0.2, -0.15) is 0 Å². The third-order valence-corrected chi connectivity index (χ3v) is 2.52. The molecule has 0 radical (unpaired) electrons. The minimum absolute atomic E-state index is 0.167. The number of nitrogens with zero attached hydrogens (tertiary/aromatic N) is 1. The van der Waals surface area contributed by atoms with Crippen LogP contribution in [-0.4, -0.2) is 33.8 Å². The van der Waals surface area contributed by atoms with E-state index in [1.807, 2.05) is 0 Å². The number of aliphatic hydroxyl groups excluding tert-OH is 2. The molecule has 1 amide bonds. The van der Waals surface area contributed by atoms with Gasteiger partial charge in [0.25, 0.3) is 0 Å². The van der Waals surface area contributed by atoms with E-state index in [0.717, 1.165) is 0 Å². The smallest absolute Gasteiger partial charge is 0.216 e. The maximum absolute atomic E-state index is 13.0. The number of aliphatic hydroxyl groups is 2. The highest BCUT2D eigenvalue weighted by molar-refractivity contribution is 5.72. The average molecular weight is 256 g/mol. The van der Waals surface area contributed by atoms with E-state index < -0.39 is 18.0 Å². The summed E-state index contributed by atoms with van der Waals surface area (Å²) in [4.78, 5) is 14.5. The van der Waals surface area contributed by atoms with Crippen molar-refractivity contribution in [1.82, 2.24) is 10.3 Å². The summed E-state index contributed by atoms with van der Waals surface area (Å²) in [6, 6.07) is 2.52. The van der Waals surface area contributed by atoms with Gasteiger partial charge in [-0.1, -0.05) is 0 Å².